The Kier molecular flexibility index (Phi) is 8.74. The number of rotatable bonds is 9. The van der Waals surface area contributed by atoms with Gasteiger partial charge in [-0.05, 0) is 50.5 Å². The van der Waals surface area contributed by atoms with Gasteiger partial charge >= 0.3 is 6.09 Å². The summed E-state index contributed by atoms with van der Waals surface area (Å²) in [5, 5.41) is 2.97. The predicted octanol–water partition coefficient (Wildman–Crippen LogP) is 2.98. The topological polar surface area (TPSA) is 77.1 Å². The highest BCUT2D eigenvalue weighted by Crippen LogP contribution is 2.17. The molecule has 2 amide bonds. The standard InChI is InChI=1S/C20H30N2O5/c1-3-5-14-26-20(24)22-12-10-16(11-13-22)21-19(23)15-27-18-8-6-17(7-9-18)25-4-2/h6-9,16H,3-5,10-15H2,1-2H3,(H,21,23). The van der Waals surface area contributed by atoms with Crippen LogP contribution < -0.4 is 14.8 Å². The summed E-state index contributed by atoms with van der Waals surface area (Å²) in [6.45, 7) is 6.21. The molecule has 1 N–H and O–H groups in total. The minimum Gasteiger partial charge on any atom is -0.494 e. The summed E-state index contributed by atoms with van der Waals surface area (Å²) in [6.07, 6.45) is 3.06. The summed E-state index contributed by atoms with van der Waals surface area (Å²) in [5.74, 6) is 1.24. The van der Waals surface area contributed by atoms with E-state index in [0.717, 1.165) is 31.4 Å². The molecule has 2 rings (SSSR count). The van der Waals surface area contributed by atoms with Gasteiger partial charge in [0.05, 0.1) is 13.2 Å². The Labute approximate surface area is 161 Å². The van der Waals surface area contributed by atoms with Crippen LogP contribution in [0.25, 0.3) is 0 Å². The maximum atomic E-state index is 12.1. The highest BCUT2D eigenvalue weighted by Gasteiger charge is 2.24. The van der Waals surface area contributed by atoms with Crippen LogP contribution in [-0.4, -0.2) is 55.9 Å². The number of benzene rings is 1. The van der Waals surface area contributed by atoms with Crippen molar-refractivity contribution < 1.29 is 23.8 Å². The molecule has 1 fully saturated rings. The number of piperidine rings is 1. The van der Waals surface area contributed by atoms with Crippen molar-refractivity contribution in [1.29, 1.82) is 0 Å². The molecule has 0 saturated carbocycles. The lowest BCUT2D eigenvalue weighted by atomic mass is 10.1. The van der Waals surface area contributed by atoms with E-state index in [2.05, 4.69) is 12.2 Å². The Morgan fingerprint density at radius 1 is 1.07 bits per heavy atom. The van der Waals surface area contributed by atoms with Crippen LogP contribution >= 0.6 is 0 Å². The molecule has 0 radical (unpaired) electrons. The number of nitrogens with zero attached hydrogens (tertiary/aromatic N) is 1. The van der Waals surface area contributed by atoms with Crippen LogP contribution in [0.3, 0.4) is 0 Å². The molecule has 1 aliphatic heterocycles. The number of amides is 2. The number of hydrogen-bond acceptors (Lipinski definition) is 5. The number of ether oxygens (including phenoxy) is 3. The van der Waals surface area contributed by atoms with E-state index in [1.165, 1.54) is 0 Å². The first-order chi connectivity index (χ1) is 13.1. The van der Waals surface area contributed by atoms with Crippen LogP contribution in [0.4, 0.5) is 4.79 Å². The summed E-state index contributed by atoms with van der Waals surface area (Å²) in [6, 6.07) is 7.24. The zero-order valence-corrected chi connectivity index (χ0v) is 16.2. The highest BCUT2D eigenvalue weighted by molar-refractivity contribution is 5.78. The molecule has 7 heteroatoms. The molecular formula is C20H30N2O5. The zero-order chi connectivity index (χ0) is 19.5. The van der Waals surface area contributed by atoms with Crippen molar-refractivity contribution in [3.63, 3.8) is 0 Å². The number of carbonyl (C=O) groups excluding carboxylic acids is 2. The SMILES string of the molecule is CCCCOC(=O)N1CCC(NC(=O)COc2ccc(OCC)cc2)CC1. The fourth-order valence-corrected chi connectivity index (χ4v) is 2.82. The van der Waals surface area contributed by atoms with E-state index in [9.17, 15) is 9.59 Å². The highest BCUT2D eigenvalue weighted by atomic mass is 16.6. The van der Waals surface area contributed by atoms with Gasteiger partial charge in [0.2, 0.25) is 0 Å². The van der Waals surface area contributed by atoms with Crippen LogP contribution in [0.1, 0.15) is 39.5 Å². The summed E-state index contributed by atoms with van der Waals surface area (Å²) in [4.78, 5) is 25.7. The normalized spacial score (nSPS) is 14.5. The molecule has 0 aliphatic carbocycles. The molecule has 0 aromatic heterocycles. The van der Waals surface area contributed by atoms with Gasteiger partial charge in [-0.3, -0.25) is 4.79 Å². The monoisotopic (exact) mass is 378 g/mol. The van der Waals surface area contributed by atoms with Gasteiger partial charge in [-0.25, -0.2) is 4.79 Å². The first-order valence-electron chi connectivity index (χ1n) is 9.69. The molecule has 1 aliphatic rings. The summed E-state index contributed by atoms with van der Waals surface area (Å²) >= 11 is 0. The Hall–Kier alpha value is -2.44. The quantitative estimate of drug-likeness (QED) is 0.669. The second kappa shape index (κ2) is 11.3. The van der Waals surface area contributed by atoms with Crippen molar-refractivity contribution in [2.45, 2.75) is 45.6 Å². The van der Waals surface area contributed by atoms with E-state index in [1.54, 1.807) is 17.0 Å². The molecular weight excluding hydrogens is 348 g/mol. The van der Waals surface area contributed by atoms with E-state index in [1.807, 2.05) is 19.1 Å². The predicted molar refractivity (Wildman–Crippen MR) is 102 cm³/mol. The molecule has 1 heterocycles. The van der Waals surface area contributed by atoms with Crippen LogP contribution in [-0.2, 0) is 9.53 Å². The van der Waals surface area contributed by atoms with Crippen LogP contribution in [0.2, 0.25) is 0 Å². The van der Waals surface area contributed by atoms with Gasteiger partial charge in [-0.1, -0.05) is 13.3 Å². The molecule has 7 nitrogen and oxygen atoms in total. The van der Waals surface area contributed by atoms with Crippen molar-refractivity contribution in [3.05, 3.63) is 24.3 Å². The molecule has 27 heavy (non-hydrogen) atoms. The van der Waals surface area contributed by atoms with Gasteiger partial charge in [-0.2, -0.15) is 0 Å². The Balaban J connectivity index is 1.64. The number of carbonyl (C=O) groups is 2. The second-order valence-electron chi connectivity index (χ2n) is 6.49. The van der Waals surface area contributed by atoms with Gasteiger partial charge in [0.15, 0.2) is 6.61 Å². The molecule has 0 bridgehead atoms. The molecule has 150 valence electrons. The third-order valence-corrected chi connectivity index (χ3v) is 4.35. The molecule has 0 unspecified atom stereocenters. The number of nitrogens with one attached hydrogen (secondary N) is 1. The van der Waals surface area contributed by atoms with E-state index < -0.39 is 0 Å². The van der Waals surface area contributed by atoms with Gasteiger partial charge in [0, 0.05) is 19.1 Å². The van der Waals surface area contributed by atoms with E-state index in [0.29, 0.717) is 32.1 Å². The molecule has 1 aromatic rings. The van der Waals surface area contributed by atoms with Gasteiger partial charge in [0.1, 0.15) is 11.5 Å². The van der Waals surface area contributed by atoms with Crippen LogP contribution in [0, 0.1) is 0 Å². The molecule has 1 saturated heterocycles. The first-order valence-corrected chi connectivity index (χ1v) is 9.69. The Morgan fingerprint density at radius 2 is 1.70 bits per heavy atom. The minimum atomic E-state index is -0.257. The lowest BCUT2D eigenvalue weighted by Crippen LogP contribution is -2.47. The summed E-state index contributed by atoms with van der Waals surface area (Å²) in [5.41, 5.74) is 0. The van der Waals surface area contributed by atoms with Gasteiger partial charge in [0.25, 0.3) is 5.91 Å². The summed E-state index contributed by atoms with van der Waals surface area (Å²) < 4.78 is 16.1. The number of unbranched alkanes of at least 4 members (excludes halogenated alkanes) is 1. The summed E-state index contributed by atoms with van der Waals surface area (Å²) in [7, 11) is 0. The van der Waals surface area contributed by atoms with Crippen LogP contribution in [0.15, 0.2) is 24.3 Å². The third kappa shape index (κ3) is 7.37. The molecule has 0 atom stereocenters. The van der Waals surface area contributed by atoms with Gasteiger partial charge in [-0.15, -0.1) is 0 Å². The fourth-order valence-electron chi connectivity index (χ4n) is 2.82. The smallest absolute Gasteiger partial charge is 0.409 e. The van der Waals surface area contributed by atoms with Crippen molar-refractivity contribution in [3.8, 4) is 11.5 Å². The van der Waals surface area contributed by atoms with Crippen molar-refractivity contribution in [2.75, 3.05) is 32.9 Å². The largest absolute Gasteiger partial charge is 0.494 e. The lowest BCUT2D eigenvalue weighted by Gasteiger charge is -2.31. The maximum Gasteiger partial charge on any atom is 0.409 e. The van der Waals surface area contributed by atoms with Crippen molar-refractivity contribution >= 4 is 12.0 Å². The third-order valence-electron chi connectivity index (χ3n) is 4.35. The first kappa shape index (κ1) is 20.9. The zero-order valence-electron chi connectivity index (χ0n) is 16.2. The van der Waals surface area contributed by atoms with Crippen molar-refractivity contribution in [2.24, 2.45) is 0 Å². The molecule has 0 spiro atoms. The van der Waals surface area contributed by atoms with E-state index in [4.69, 9.17) is 14.2 Å². The van der Waals surface area contributed by atoms with Gasteiger partial charge < -0.3 is 24.4 Å². The van der Waals surface area contributed by atoms with E-state index >= 15 is 0 Å². The Morgan fingerprint density at radius 3 is 2.30 bits per heavy atom. The maximum absolute atomic E-state index is 12.1. The average Bonchev–Trinajstić information content (AvgIpc) is 2.68. The number of hydrogen-bond donors (Lipinski definition) is 1. The Bertz CT molecular complexity index is 583. The van der Waals surface area contributed by atoms with Crippen molar-refractivity contribution in [1.82, 2.24) is 10.2 Å². The minimum absolute atomic E-state index is 0.0345. The fraction of sp³-hybridized carbons (Fsp3) is 0.600. The molecule has 1 aromatic carbocycles. The van der Waals surface area contributed by atoms with Crippen LogP contribution in [0.5, 0.6) is 11.5 Å². The average molecular weight is 378 g/mol. The van der Waals surface area contributed by atoms with E-state index in [-0.39, 0.29) is 24.6 Å². The number of likely N-dealkylation sites (tertiary alicyclic amines) is 1. The lowest BCUT2D eigenvalue weighted by molar-refractivity contribution is -0.124. The second-order valence-corrected chi connectivity index (χ2v) is 6.49.